The Balaban J connectivity index is 1.43. The van der Waals surface area contributed by atoms with E-state index in [0.29, 0.717) is 43.9 Å². The molecule has 2 heterocycles. The number of amides is 1. The molecular formula is C19H20N4O4S. The summed E-state index contributed by atoms with van der Waals surface area (Å²) in [4.78, 5) is 12.7. The molecule has 3 aromatic rings. The van der Waals surface area contributed by atoms with Gasteiger partial charge in [0.2, 0.25) is 10.0 Å². The number of aromatic amines is 1. The van der Waals surface area contributed by atoms with Gasteiger partial charge in [-0.15, -0.1) is 0 Å². The SMILES string of the molecule is O=C(NCc1ccc(S(=O)(=O)N2CCOCC2)cc1)c1cccc2cn[nH]c12. The van der Waals surface area contributed by atoms with Crippen molar-refractivity contribution in [3.63, 3.8) is 0 Å². The fourth-order valence-corrected chi connectivity index (χ4v) is 4.56. The number of rotatable bonds is 5. The number of hydrogen-bond donors (Lipinski definition) is 2. The van der Waals surface area contributed by atoms with Gasteiger partial charge in [-0.25, -0.2) is 8.42 Å². The van der Waals surface area contributed by atoms with Gasteiger partial charge in [-0.2, -0.15) is 9.40 Å². The number of aromatic nitrogens is 2. The lowest BCUT2D eigenvalue weighted by molar-refractivity contribution is 0.0730. The van der Waals surface area contributed by atoms with Crippen molar-refractivity contribution in [2.24, 2.45) is 0 Å². The van der Waals surface area contributed by atoms with Gasteiger partial charge >= 0.3 is 0 Å². The van der Waals surface area contributed by atoms with E-state index >= 15 is 0 Å². The molecule has 1 saturated heterocycles. The van der Waals surface area contributed by atoms with Gasteiger partial charge in [0.1, 0.15) is 0 Å². The highest BCUT2D eigenvalue weighted by Crippen LogP contribution is 2.18. The highest BCUT2D eigenvalue weighted by atomic mass is 32.2. The summed E-state index contributed by atoms with van der Waals surface area (Å²) in [7, 11) is -3.52. The van der Waals surface area contributed by atoms with Crippen molar-refractivity contribution in [1.29, 1.82) is 0 Å². The minimum absolute atomic E-state index is 0.222. The summed E-state index contributed by atoms with van der Waals surface area (Å²) < 4.78 is 31.9. The minimum Gasteiger partial charge on any atom is -0.379 e. The maximum atomic E-state index is 12.6. The zero-order valence-corrected chi connectivity index (χ0v) is 15.9. The number of carbonyl (C=O) groups excluding carboxylic acids is 1. The smallest absolute Gasteiger partial charge is 0.253 e. The second-order valence-corrected chi connectivity index (χ2v) is 8.42. The Hall–Kier alpha value is -2.75. The van der Waals surface area contributed by atoms with E-state index in [2.05, 4.69) is 15.5 Å². The maximum absolute atomic E-state index is 12.6. The summed E-state index contributed by atoms with van der Waals surface area (Å²) in [5, 5.41) is 10.5. The largest absolute Gasteiger partial charge is 0.379 e. The van der Waals surface area contributed by atoms with Crippen LogP contribution in [0.5, 0.6) is 0 Å². The third-order valence-corrected chi connectivity index (χ3v) is 6.62. The first-order valence-electron chi connectivity index (χ1n) is 8.93. The monoisotopic (exact) mass is 400 g/mol. The molecule has 0 spiro atoms. The third-order valence-electron chi connectivity index (χ3n) is 4.71. The number of H-pyrrole nitrogens is 1. The topological polar surface area (TPSA) is 104 Å². The molecule has 8 nitrogen and oxygen atoms in total. The van der Waals surface area contributed by atoms with E-state index in [9.17, 15) is 13.2 Å². The second-order valence-electron chi connectivity index (χ2n) is 6.48. The van der Waals surface area contributed by atoms with Crippen LogP contribution in [0.15, 0.2) is 53.6 Å². The molecule has 2 aromatic carbocycles. The molecule has 0 bridgehead atoms. The van der Waals surface area contributed by atoms with E-state index in [1.54, 1.807) is 42.6 Å². The van der Waals surface area contributed by atoms with Crippen LogP contribution in [-0.2, 0) is 21.3 Å². The standard InChI is InChI=1S/C19H20N4O4S/c24-19(17-3-1-2-15-13-21-22-18(15)17)20-12-14-4-6-16(7-5-14)28(25,26)23-8-10-27-11-9-23/h1-7,13H,8-12H2,(H,20,24)(H,21,22). The lowest BCUT2D eigenvalue weighted by Crippen LogP contribution is -2.40. The molecule has 1 amide bonds. The number of ether oxygens (including phenoxy) is 1. The van der Waals surface area contributed by atoms with Crippen LogP contribution >= 0.6 is 0 Å². The summed E-state index contributed by atoms with van der Waals surface area (Å²) in [5.41, 5.74) is 2.01. The first-order chi connectivity index (χ1) is 13.6. The summed E-state index contributed by atoms with van der Waals surface area (Å²) in [5.74, 6) is -0.222. The Morgan fingerprint density at radius 1 is 1.14 bits per heavy atom. The molecule has 9 heteroatoms. The molecule has 2 N–H and O–H groups in total. The molecule has 1 aromatic heterocycles. The molecule has 4 rings (SSSR count). The van der Waals surface area contributed by atoms with Gasteiger partial charge in [-0.3, -0.25) is 9.89 Å². The van der Waals surface area contributed by atoms with E-state index in [4.69, 9.17) is 4.74 Å². The molecule has 1 aliphatic rings. The van der Waals surface area contributed by atoms with Gasteiger partial charge in [-0.05, 0) is 23.8 Å². The quantitative estimate of drug-likeness (QED) is 0.676. The summed E-state index contributed by atoms with van der Waals surface area (Å²) in [6.45, 7) is 1.83. The number of nitrogens with one attached hydrogen (secondary N) is 2. The van der Waals surface area contributed by atoms with Crippen molar-refractivity contribution in [3.05, 3.63) is 59.8 Å². The Morgan fingerprint density at radius 3 is 2.64 bits per heavy atom. The second kappa shape index (κ2) is 7.70. The fraction of sp³-hybridized carbons (Fsp3) is 0.263. The first kappa shape index (κ1) is 18.6. The average Bonchev–Trinajstić information content (AvgIpc) is 3.22. The van der Waals surface area contributed by atoms with Crippen LogP contribution in [-0.4, -0.2) is 55.1 Å². The van der Waals surface area contributed by atoms with Crippen LogP contribution in [0.25, 0.3) is 10.9 Å². The fourth-order valence-electron chi connectivity index (χ4n) is 3.15. The number of fused-ring (bicyclic) bond motifs is 1. The molecule has 1 fully saturated rings. The zero-order chi connectivity index (χ0) is 19.6. The van der Waals surface area contributed by atoms with E-state index in [-0.39, 0.29) is 10.8 Å². The number of para-hydroxylation sites is 1. The van der Waals surface area contributed by atoms with Crippen LogP contribution in [0.2, 0.25) is 0 Å². The van der Waals surface area contributed by atoms with Crippen LogP contribution < -0.4 is 5.32 Å². The summed E-state index contributed by atoms with van der Waals surface area (Å²) >= 11 is 0. The molecule has 0 atom stereocenters. The van der Waals surface area contributed by atoms with Crippen molar-refractivity contribution in [2.75, 3.05) is 26.3 Å². The van der Waals surface area contributed by atoms with E-state index in [1.807, 2.05) is 6.07 Å². The van der Waals surface area contributed by atoms with Crippen molar-refractivity contribution in [1.82, 2.24) is 19.8 Å². The van der Waals surface area contributed by atoms with Crippen molar-refractivity contribution < 1.29 is 17.9 Å². The number of benzene rings is 2. The molecule has 1 aliphatic heterocycles. The van der Waals surface area contributed by atoms with Gasteiger partial charge in [0.05, 0.1) is 35.4 Å². The Labute approximate surface area is 162 Å². The normalized spacial score (nSPS) is 15.6. The van der Waals surface area contributed by atoms with E-state index in [0.717, 1.165) is 10.9 Å². The molecule has 0 saturated carbocycles. The van der Waals surface area contributed by atoms with Gasteiger partial charge < -0.3 is 10.1 Å². The third kappa shape index (κ3) is 3.64. The van der Waals surface area contributed by atoms with Crippen molar-refractivity contribution >= 4 is 26.8 Å². The Kier molecular flexibility index (Phi) is 5.12. The van der Waals surface area contributed by atoms with Gasteiger partial charge in [0, 0.05) is 25.0 Å². The van der Waals surface area contributed by atoms with E-state index in [1.165, 1.54) is 4.31 Å². The molecule has 146 valence electrons. The van der Waals surface area contributed by atoms with Crippen LogP contribution in [0, 0.1) is 0 Å². The average molecular weight is 400 g/mol. The molecular weight excluding hydrogens is 380 g/mol. The summed E-state index contributed by atoms with van der Waals surface area (Å²) in [6.07, 6.45) is 1.67. The van der Waals surface area contributed by atoms with Crippen LogP contribution in [0.1, 0.15) is 15.9 Å². The van der Waals surface area contributed by atoms with Crippen molar-refractivity contribution in [2.45, 2.75) is 11.4 Å². The number of hydrogen-bond acceptors (Lipinski definition) is 5. The predicted molar refractivity (Wildman–Crippen MR) is 103 cm³/mol. The predicted octanol–water partition coefficient (Wildman–Crippen LogP) is 1.51. The summed E-state index contributed by atoms with van der Waals surface area (Å²) in [6, 6.07) is 12.0. The highest BCUT2D eigenvalue weighted by molar-refractivity contribution is 7.89. The Morgan fingerprint density at radius 2 is 1.89 bits per heavy atom. The van der Waals surface area contributed by atoms with Gasteiger partial charge in [-0.1, -0.05) is 24.3 Å². The molecule has 28 heavy (non-hydrogen) atoms. The van der Waals surface area contributed by atoms with Gasteiger partial charge in [0.15, 0.2) is 0 Å². The lowest BCUT2D eigenvalue weighted by Gasteiger charge is -2.26. The maximum Gasteiger partial charge on any atom is 0.253 e. The lowest BCUT2D eigenvalue weighted by atomic mass is 10.1. The molecule has 0 aliphatic carbocycles. The number of morpholine rings is 1. The Bertz CT molecular complexity index is 1090. The molecule has 0 unspecified atom stereocenters. The number of sulfonamides is 1. The number of carbonyl (C=O) groups is 1. The van der Waals surface area contributed by atoms with Crippen LogP contribution in [0.4, 0.5) is 0 Å². The number of nitrogens with zero attached hydrogens (tertiary/aromatic N) is 2. The van der Waals surface area contributed by atoms with E-state index < -0.39 is 10.0 Å². The minimum atomic E-state index is -3.52. The van der Waals surface area contributed by atoms with Gasteiger partial charge in [0.25, 0.3) is 5.91 Å². The van der Waals surface area contributed by atoms with Crippen molar-refractivity contribution in [3.8, 4) is 0 Å². The van der Waals surface area contributed by atoms with Crippen LogP contribution in [0.3, 0.4) is 0 Å². The molecule has 0 radical (unpaired) electrons. The zero-order valence-electron chi connectivity index (χ0n) is 15.1. The highest BCUT2D eigenvalue weighted by Gasteiger charge is 2.26. The first-order valence-corrected chi connectivity index (χ1v) is 10.4.